The molecule has 5 atom stereocenters. The fraction of sp³-hybridized carbons (Fsp3) is 0.760. The van der Waals surface area contributed by atoms with Crippen LogP contribution in [0.4, 0.5) is 0 Å². The summed E-state index contributed by atoms with van der Waals surface area (Å²) in [5.74, 6) is -0.772. The van der Waals surface area contributed by atoms with Crippen LogP contribution in [0.25, 0.3) is 0 Å². The van der Waals surface area contributed by atoms with Gasteiger partial charge in [0.15, 0.2) is 11.4 Å². The van der Waals surface area contributed by atoms with Crippen LogP contribution in [0.3, 0.4) is 0 Å². The molecule has 1 aliphatic heterocycles. The molecule has 0 radical (unpaired) electrons. The lowest BCUT2D eigenvalue weighted by Crippen LogP contribution is -2.46. The molecule has 2 rings (SSSR count). The Bertz CT molecular complexity index is 679. The maximum absolute atomic E-state index is 12.7. The molecule has 2 aliphatic rings. The summed E-state index contributed by atoms with van der Waals surface area (Å²) in [6.07, 6.45) is 12.9. The number of nitrogens with one attached hydrogen (secondary N) is 1. The first-order valence-electron chi connectivity index (χ1n) is 12.0. The predicted molar refractivity (Wildman–Crippen MR) is 127 cm³/mol. The number of hydrogen-bond donors (Lipinski definition) is 2. The van der Waals surface area contributed by atoms with Crippen LogP contribution >= 0.6 is 11.6 Å². The Balaban J connectivity index is 1.66. The summed E-state index contributed by atoms with van der Waals surface area (Å²) in [4.78, 5) is 24.9. The molecule has 0 aromatic carbocycles. The van der Waals surface area contributed by atoms with E-state index in [1.165, 1.54) is 37.6 Å². The highest BCUT2D eigenvalue weighted by molar-refractivity contribution is 6.26. The standard InChI is InChI=1S/C25H40ClNO5/c1-4-5-6-7-9-12-20(31-3)13-10-8-11-14-23(29)27-17-19(16-26)25-22(32-25)15-21(28)18(2)24(25)30/h8,10,16,18,20-22,28H,4-7,9,11-15,17H2,1-3H3,(H,27,29). The summed E-state index contributed by atoms with van der Waals surface area (Å²) in [7, 11) is 1.76. The van der Waals surface area contributed by atoms with Crippen molar-refractivity contribution in [2.24, 2.45) is 5.92 Å². The molecule has 32 heavy (non-hydrogen) atoms. The fourth-order valence-corrected chi connectivity index (χ4v) is 4.66. The average Bonchev–Trinajstić information content (AvgIpc) is 3.51. The van der Waals surface area contributed by atoms with E-state index in [0.29, 0.717) is 24.8 Å². The van der Waals surface area contributed by atoms with Crippen molar-refractivity contribution in [1.29, 1.82) is 0 Å². The van der Waals surface area contributed by atoms with Crippen LogP contribution in [0.15, 0.2) is 23.3 Å². The topological polar surface area (TPSA) is 88.2 Å². The number of methoxy groups -OCH3 is 1. The number of fused-ring (bicyclic) bond motifs is 1. The van der Waals surface area contributed by atoms with Gasteiger partial charge in [-0.25, -0.2) is 0 Å². The highest BCUT2D eigenvalue weighted by Crippen LogP contribution is 2.51. The molecule has 0 aromatic heterocycles. The summed E-state index contributed by atoms with van der Waals surface area (Å²) in [5.41, 5.74) is 0.813. The minimum atomic E-state index is -1.07. The number of ether oxygens (including phenoxy) is 2. The quantitative estimate of drug-likeness (QED) is 0.210. The summed E-state index contributed by atoms with van der Waals surface area (Å²) in [6, 6.07) is 0. The molecule has 1 saturated heterocycles. The molecule has 0 bridgehead atoms. The number of allylic oxidation sites excluding steroid dienone is 1. The molecular weight excluding hydrogens is 430 g/mol. The van der Waals surface area contributed by atoms with Gasteiger partial charge in [-0.3, -0.25) is 9.59 Å². The van der Waals surface area contributed by atoms with E-state index < -0.39 is 17.6 Å². The van der Waals surface area contributed by atoms with Gasteiger partial charge < -0.3 is 19.9 Å². The fourth-order valence-electron chi connectivity index (χ4n) is 4.42. The van der Waals surface area contributed by atoms with Crippen molar-refractivity contribution in [2.45, 2.75) is 102 Å². The number of aliphatic hydroxyl groups excluding tert-OH is 1. The van der Waals surface area contributed by atoms with Gasteiger partial charge in [-0.05, 0) is 19.3 Å². The Morgan fingerprint density at radius 2 is 2.09 bits per heavy atom. The van der Waals surface area contributed by atoms with Crippen molar-refractivity contribution in [3.8, 4) is 0 Å². The number of aliphatic hydroxyl groups is 1. The minimum Gasteiger partial charge on any atom is -0.392 e. The number of hydrogen-bond acceptors (Lipinski definition) is 5. The van der Waals surface area contributed by atoms with E-state index in [1.807, 2.05) is 6.08 Å². The van der Waals surface area contributed by atoms with Crippen molar-refractivity contribution < 1.29 is 24.2 Å². The smallest absolute Gasteiger partial charge is 0.220 e. The van der Waals surface area contributed by atoms with E-state index in [2.05, 4.69) is 18.3 Å². The van der Waals surface area contributed by atoms with Gasteiger partial charge in [0.05, 0.1) is 12.2 Å². The zero-order chi connectivity index (χ0) is 23.6. The van der Waals surface area contributed by atoms with Crippen molar-refractivity contribution in [2.75, 3.05) is 13.7 Å². The van der Waals surface area contributed by atoms with Crippen LogP contribution in [0.2, 0.25) is 0 Å². The largest absolute Gasteiger partial charge is 0.392 e. The van der Waals surface area contributed by atoms with E-state index in [0.717, 1.165) is 12.8 Å². The first-order chi connectivity index (χ1) is 15.4. The summed E-state index contributed by atoms with van der Waals surface area (Å²) in [6.45, 7) is 4.09. The molecule has 2 N–H and O–H groups in total. The molecule has 0 spiro atoms. The van der Waals surface area contributed by atoms with E-state index >= 15 is 0 Å². The van der Waals surface area contributed by atoms with Gasteiger partial charge in [-0.2, -0.15) is 0 Å². The molecule has 2 fully saturated rings. The summed E-state index contributed by atoms with van der Waals surface area (Å²) >= 11 is 5.97. The predicted octanol–water partition coefficient (Wildman–Crippen LogP) is 4.43. The Morgan fingerprint density at radius 1 is 1.34 bits per heavy atom. The van der Waals surface area contributed by atoms with Crippen molar-refractivity contribution >= 4 is 23.3 Å². The average molecular weight is 470 g/mol. The zero-order valence-electron chi connectivity index (χ0n) is 19.8. The number of rotatable bonds is 15. The van der Waals surface area contributed by atoms with Crippen molar-refractivity contribution in [3.05, 3.63) is 23.3 Å². The van der Waals surface area contributed by atoms with Crippen LogP contribution in [-0.2, 0) is 19.1 Å². The number of Topliss-reactive ketones (excluding diaryl/α,β-unsaturated/α-hetero) is 1. The molecule has 1 saturated carbocycles. The lowest BCUT2D eigenvalue weighted by Gasteiger charge is -2.27. The number of amides is 1. The van der Waals surface area contributed by atoms with Gasteiger partial charge >= 0.3 is 0 Å². The van der Waals surface area contributed by atoms with Crippen LogP contribution in [-0.4, -0.2) is 54.4 Å². The van der Waals surface area contributed by atoms with E-state index in [-0.39, 0.29) is 30.4 Å². The van der Waals surface area contributed by atoms with Crippen LogP contribution in [0.1, 0.15) is 78.1 Å². The minimum absolute atomic E-state index is 0.102. The van der Waals surface area contributed by atoms with Gasteiger partial charge in [0.1, 0.15) is 6.10 Å². The molecule has 182 valence electrons. The molecule has 1 amide bonds. The lowest BCUT2D eigenvalue weighted by atomic mass is 9.76. The summed E-state index contributed by atoms with van der Waals surface area (Å²) in [5, 5.41) is 12.8. The molecule has 7 heteroatoms. The highest BCUT2D eigenvalue weighted by atomic mass is 35.5. The third kappa shape index (κ3) is 7.14. The Kier molecular flexibility index (Phi) is 11.4. The Labute approximate surface area is 197 Å². The molecule has 1 heterocycles. The lowest BCUT2D eigenvalue weighted by molar-refractivity contribution is -0.131. The van der Waals surface area contributed by atoms with Gasteiger partial charge in [-0.15, -0.1) is 0 Å². The second-order valence-corrected chi connectivity index (χ2v) is 9.23. The zero-order valence-corrected chi connectivity index (χ0v) is 20.5. The highest BCUT2D eigenvalue weighted by Gasteiger charge is 2.68. The van der Waals surface area contributed by atoms with Crippen molar-refractivity contribution in [3.63, 3.8) is 0 Å². The number of halogens is 1. The van der Waals surface area contributed by atoms with E-state index in [4.69, 9.17) is 21.1 Å². The Morgan fingerprint density at radius 3 is 2.78 bits per heavy atom. The number of ketones is 1. The van der Waals surface area contributed by atoms with Gasteiger partial charge in [0, 0.05) is 43.5 Å². The van der Waals surface area contributed by atoms with E-state index in [9.17, 15) is 14.7 Å². The number of epoxide rings is 1. The van der Waals surface area contributed by atoms with Gasteiger partial charge in [0.2, 0.25) is 5.91 Å². The van der Waals surface area contributed by atoms with E-state index in [1.54, 1.807) is 14.0 Å². The van der Waals surface area contributed by atoms with Crippen LogP contribution in [0.5, 0.6) is 0 Å². The second-order valence-electron chi connectivity index (χ2n) is 9.02. The maximum Gasteiger partial charge on any atom is 0.220 e. The Hall–Kier alpha value is -1.21. The molecule has 0 aromatic rings. The SMILES string of the molecule is CCCCCCCC(CC=CCCC(=O)NCC(=CCl)C12OC1CC(O)C(C)C2=O)OC. The monoisotopic (exact) mass is 469 g/mol. The van der Waals surface area contributed by atoms with Crippen LogP contribution < -0.4 is 5.32 Å². The first-order valence-corrected chi connectivity index (χ1v) is 12.5. The molecule has 1 aliphatic carbocycles. The maximum atomic E-state index is 12.7. The molecule has 5 unspecified atom stereocenters. The second kappa shape index (κ2) is 13.5. The van der Waals surface area contributed by atoms with Crippen LogP contribution in [0, 0.1) is 5.92 Å². The van der Waals surface area contributed by atoms with Gasteiger partial charge in [0.25, 0.3) is 0 Å². The third-order valence-electron chi connectivity index (χ3n) is 6.69. The first kappa shape index (κ1) is 27.0. The number of carbonyl (C=O) groups is 2. The molecule has 6 nitrogen and oxygen atoms in total. The normalized spacial score (nSPS) is 28.6. The number of carbonyl (C=O) groups excluding carboxylic acids is 2. The van der Waals surface area contributed by atoms with Gasteiger partial charge in [-0.1, -0.05) is 69.7 Å². The molecular formula is C25H40ClNO5. The van der Waals surface area contributed by atoms with Crippen molar-refractivity contribution in [1.82, 2.24) is 5.32 Å². The summed E-state index contributed by atoms with van der Waals surface area (Å²) < 4.78 is 11.2. The third-order valence-corrected chi connectivity index (χ3v) is 6.95. The number of unbranched alkanes of at least 4 members (excludes halogenated alkanes) is 4.